The van der Waals surface area contributed by atoms with Crippen LogP contribution in [0.25, 0.3) is 0 Å². The fourth-order valence-electron chi connectivity index (χ4n) is 1.50. The highest BCUT2D eigenvalue weighted by Gasteiger charge is 2.52. The Morgan fingerprint density at radius 3 is 2.17 bits per heavy atom. The van der Waals surface area contributed by atoms with E-state index in [0.717, 1.165) is 6.54 Å². The van der Waals surface area contributed by atoms with Crippen molar-refractivity contribution >= 4 is 12.7 Å². The topological polar surface area (TPSA) is 54.3 Å². The Balaban J connectivity index is 2.50. The molecule has 5 heteroatoms. The van der Waals surface area contributed by atoms with Crippen LogP contribution in [-0.2, 0) is 9.31 Å². The summed E-state index contributed by atoms with van der Waals surface area (Å²) in [6, 6.07) is 0. The molecule has 0 aliphatic carbocycles. The lowest BCUT2D eigenvalue weighted by atomic mass is 9.82. The summed E-state index contributed by atoms with van der Waals surface area (Å²) in [6.07, 6.45) is 3.48. The van der Waals surface area contributed by atoms with Gasteiger partial charge in [-0.1, -0.05) is 13.8 Å². The molecule has 0 radical (unpaired) electrons. The third-order valence-corrected chi connectivity index (χ3v) is 3.41. The fraction of sp³-hybridized carbons (Fsp3) is 0.769. The highest BCUT2D eigenvalue weighted by atomic mass is 16.7. The molecule has 1 rings (SSSR count). The second-order valence-electron chi connectivity index (χ2n) is 6.18. The molecule has 18 heavy (non-hydrogen) atoms. The molecule has 1 aliphatic heterocycles. The van der Waals surface area contributed by atoms with E-state index in [2.05, 4.69) is 19.2 Å². The minimum absolute atomic E-state index is 0.338. The zero-order valence-electron chi connectivity index (χ0n) is 12.3. The first-order chi connectivity index (χ1) is 8.16. The summed E-state index contributed by atoms with van der Waals surface area (Å²) in [6.45, 7) is 13.1. The van der Waals surface area contributed by atoms with Gasteiger partial charge in [-0.25, -0.2) is 0 Å². The van der Waals surface area contributed by atoms with Crippen molar-refractivity contribution in [3.05, 3.63) is 12.3 Å². The lowest BCUT2D eigenvalue weighted by molar-refractivity contribution is 0.00578. The monoisotopic (exact) mass is 252 g/mol. The van der Waals surface area contributed by atoms with Crippen LogP contribution >= 0.6 is 0 Å². The summed E-state index contributed by atoms with van der Waals surface area (Å²) in [5, 5.41) is 11.1. The minimum atomic E-state index is -0.577. The Kier molecular flexibility index (Phi) is 4.62. The molecule has 1 aliphatic rings. The van der Waals surface area contributed by atoms with Crippen LogP contribution in [0.3, 0.4) is 0 Å². The van der Waals surface area contributed by atoms with Crippen molar-refractivity contribution in [2.24, 2.45) is 5.92 Å². The molecule has 0 aromatic heterocycles. The van der Waals surface area contributed by atoms with Crippen molar-refractivity contribution in [3.63, 3.8) is 0 Å². The van der Waals surface area contributed by atoms with Crippen molar-refractivity contribution in [2.45, 2.75) is 52.7 Å². The van der Waals surface area contributed by atoms with Crippen LogP contribution in [0.15, 0.2) is 12.3 Å². The van der Waals surface area contributed by atoms with Gasteiger partial charge in [-0.05, 0) is 45.9 Å². The second kappa shape index (κ2) is 5.45. The van der Waals surface area contributed by atoms with Crippen LogP contribution in [-0.4, -0.2) is 30.5 Å². The minimum Gasteiger partial charge on any atom is -0.398 e. The lowest BCUT2D eigenvalue weighted by Gasteiger charge is -2.32. The Hall–Kier alpha value is -0.805. The van der Waals surface area contributed by atoms with E-state index in [1.807, 2.05) is 27.7 Å². The average molecular weight is 252 g/mol. The molecular weight excluding hydrogens is 227 g/mol. The van der Waals surface area contributed by atoms with Gasteiger partial charge >= 0.3 is 7.12 Å². The van der Waals surface area contributed by atoms with Crippen molar-refractivity contribution in [1.82, 2.24) is 5.32 Å². The van der Waals surface area contributed by atoms with Crippen LogP contribution in [0.1, 0.15) is 41.5 Å². The third-order valence-electron chi connectivity index (χ3n) is 3.41. The van der Waals surface area contributed by atoms with E-state index in [4.69, 9.17) is 14.7 Å². The summed E-state index contributed by atoms with van der Waals surface area (Å²) < 4.78 is 11.6. The first-order valence-corrected chi connectivity index (χ1v) is 6.50. The molecule has 0 aromatic rings. The van der Waals surface area contributed by atoms with Gasteiger partial charge in [-0.3, -0.25) is 0 Å². The van der Waals surface area contributed by atoms with Gasteiger partial charge in [0.2, 0.25) is 0 Å². The van der Waals surface area contributed by atoms with Crippen molar-refractivity contribution in [1.29, 1.82) is 5.41 Å². The number of rotatable bonds is 5. The summed E-state index contributed by atoms with van der Waals surface area (Å²) in [4.78, 5) is 0. The van der Waals surface area contributed by atoms with Gasteiger partial charge in [0.15, 0.2) is 0 Å². The predicted octanol–water partition coefficient (Wildman–Crippen LogP) is 2.40. The largest absolute Gasteiger partial charge is 0.513 e. The SMILES string of the molecule is CC(C)CN/C=C\C(=N)B1OC(C)(C)C(C)(C)O1. The van der Waals surface area contributed by atoms with Crippen LogP contribution < -0.4 is 5.32 Å². The van der Waals surface area contributed by atoms with Gasteiger partial charge in [0.25, 0.3) is 0 Å². The highest BCUT2D eigenvalue weighted by Crippen LogP contribution is 2.36. The van der Waals surface area contributed by atoms with Gasteiger partial charge in [0.05, 0.1) is 16.8 Å². The molecule has 4 nitrogen and oxygen atoms in total. The molecule has 102 valence electrons. The van der Waals surface area contributed by atoms with E-state index in [1.54, 1.807) is 12.3 Å². The third kappa shape index (κ3) is 3.59. The molecular formula is C13H25BN2O2. The Morgan fingerprint density at radius 2 is 1.72 bits per heavy atom. The summed E-state index contributed by atoms with van der Waals surface area (Å²) >= 11 is 0. The standard InChI is InChI=1S/C13H25BN2O2/c1-10(2)9-16-8-7-11(15)14-17-12(3,4)13(5,6)18-14/h7-8,10,15-16H,9H2,1-6H3/b8-7-,15-11?. The van der Waals surface area contributed by atoms with Crippen LogP contribution in [0.2, 0.25) is 0 Å². The molecule has 2 N–H and O–H groups in total. The molecule has 0 spiro atoms. The molecule has 0 bridgehead atoms. The molecule has 0 amide bonds. The van der Waals surface area contributed by atoms with Crippen LogP contribution in [0.4, 0.5) is 0 Å². The van der Waals surface area contributed by atoms with E-state index in [-0.39, 0.29) is 11.2 Å². The zero-order chi connectivity index (χ0) is 14.0. The molecule has 0 unspecified atom stereocenters. The molecule has 0 saturated carbocycles. The van der Waals surface area contributed by atoms with Gasteiger partial charge in [-0.2, -0.15) is 0 Å². The first kappa shape index (κ1) is 15.3. The van der Waals surface area contributed by atoms with Crippen molar-refractivity contribution < 1.29 is 9.31 Å². The molecule has 0 atom stereocenters. The van der Waals surface area contributed by atoms with Gasteiger partial charge in [0, 0.05) is 6.54 Å². The smallest absolute Gasteiger partial charge is 0.398 e. The van der Waals surface area contributed by atoms with Gasteiger partial charge < -0.3 is 20.0 Å². The summed E-state index contributed by atoms with van der Waals surface area (Å²) in [5.41, 5.74) is -0.434. The number of nitrogens with one attached hydrogen (secondary N) is 2. The summed E-state index contributed by atoms with van der Waals surface area (Å²) in [5.74, 6) is 0.584. The number of allylic oxidation sites excluding steroid dienone is 1. The Morgan fingerprint density at radius 1 is 1.22 bits per heavy atom. The molecule has 1 fully saturated rings. The summed E-state index contributed by atoms with van der Waals surface area (Å²) in [7, 11) is -0.577. The van der Waals surface area contributed by atoms with Crippen LogP contribution in [0, 0.1) is 11.3 Å². The van der Waals surface area contributed by atoms with E-state index < -0.39 is 7.12 Å². The maximum absolute atomic E-state index is 7.95. The highest BCUT2D eigenvalue weighted by molar-refractivity contribution is 6.84. The van der Waals surface area contributed by atoms with E-state index >= 15 is 0 Å². The van der Waals surface area contributed by atoms with Crippen LogP contribution in [0.5, 0.6) is 0 Å². The first-order valence-electron chi connectivity index (χ1n) is 6.50. The number of hydrogen-bond donors (Lipinski definition) is 2. The van der Waals surface area contributed by atoms with Gasteiger partial charge in [0.1, 0.15) is 0 Å². The molecule has 1 saturated heterocycles. The van der Waals surface area contributed by atoms with Crippen molar-refractivity contribution in [3.8, 4) is 0 Å². The van der Waals surface area contributed by atoms with E-state index in [0.29, 0.717) is 11.5 Å². The maximum Gasteiger partial charge on any atom is 0.513 e. The maximum atomic E-state index is 7.95. The Labute approximate surface area is 111 Å². The van der Waals surface area contributed by atoms with Crippen molar-refractivity contribution in [2.75, 3.05) is 6.54 Å². The van der Waals surface area contributed by atoms with E-state index in [9.17, 15) is 0 Å². The van der Waals surface area contributed by atoms with Gasteiger partial charge in [-0.15, -0.1) is 0 Å². The predicted molar refractivity (Wildman–Crippen MR) is 75.8 cm³/mol. The zero-order valence-corrected chi connectivity index (χ0v) is 12.3. The number of hydrogen-bond acceptors (Lipinski definition) is 4. The molecule has 1 heterocycles. The fourth-order valence-corrected chi connectivity index (χ4v) is 1.50. The quantitative estimate of drug-likeness (QED) is 0.583. The molecule has 0 aromatic carbocycles. The van der Waals surface area contributed by atoms with E-state index in [1.165, 1.54) is 0 Å². The average Bonchev–Trinajstić information content (AvgIpc) is 2.42. The second-order valence-corrected chi connectivity index (χ2v) is 6.18. The Bertz CT molecular complexity index is 322. The lowest BCUT2D eigenvalue weighted by Crippen LogP contribution is -2.41. The normalized spacial score (nSPS) is 21.8.